The Morgan fingerprint density at radius 2 is 1.95 bits per heavy atom. The van der Waals surface area contributed by atoms with E-state index in [9.17, 15) is 4.79 Å². The Hall–Kier alpha value is -1.55. The van der Waals surface area contributed by atoms with Gasteiger partial charge in [-0.1, -0.05) is 37.6 Å². The number of rotatable bonds is 8. The van der Waals surface area contributed by atoms with Crippen LogP contribution in [0.15, 0.2) is 24.3 Å². The molecule has 1 unspecified atom stereocenters. The number of carbonyl (C=O) groups is 1. The number of amides is 2. The van der Waals surface area contributed by atoms with E-state index in [1.54, 1.807) is 0 Å². The highest BCUT2D eigenvalue weighted by atomic mass is 16.2. The van der Waals surface area contributed by atoms with E-state index in [-0.39, 0.29) is 6.04 Å². The number of nitrogens with one attached hydrogen (secondary N) is 2. The second-order valence-electron chi connectivity index (χ2n) is 4.81. The zero-order valence-electron chi connectivity index (χ0n) is 11.9. The van der Waals surface area contributed by atoms with Crippen molar-refractivity contribution >= 4 is 6.03 Å². The van der Waals surface area contributed by atoms with Crippen molar-refractivity contribution in [3.05, 3.63) is 35.4 Å². The van der Waals surface area contributed by atoms with Gasteiger partial charge in [0.25, 0.3) is 0 Å². The smallest absolute Gasteiger partial charge is 0.312 e. The summed E-state index contributed by atoms with van der Waals surface area (Å²) >= 11 is 0. The minimum atomic E-state index is -0.477. The number of primary amides is 1. The van der Waals surface area contributed by atoms with Crippen LogP contribution in [-0.4, -0.2) is 19.1 Å². The molecular weight excluding hydrogens is 238 g/mol. The van der Waals surface area contributed by atoms with Crippen molar-refractivity contribution in [2.75, 3.05) is 13.1 Å². The molecule has 0 fully saturated rings. The maximum Gasteiger partial charge on any atom is 0.312 e. The van der Waals surface area contributed by atoms with Gasteiger partial charge < -0.3 is 16.4 Å². The van der Waals surface area contributed by atoms with Crippen molar-refractivity contribution in [3.8, 4) is 0 Å². The van der Waals surface area contributed by atoms with Gasteiger partial charge in [-0.2, -0.15) is 0 Å². The number of nitrogens with two attached hydrogens (primary N) is 1. The lowest BCUT2D eigenvalue weighted by atomic mass is 10.0. The molecule has 4 N–H and O–H groups in total. The lowest BCUT2D eigenvalue weighted by Crippen LogP contribution is -2.36. The number of aryl methyl sites for hydroxylation is 1. The quantitative estimate of drug-likeness (QED) is 0.630. The third-order valence-corrected chi connectivity index (χ3v) is 3.17. The van der Waals surface area contributed by atoms with Gasteiger partial charge in [-0.3, -0.25) is 0 Å². The van der Waals surface area contributed by atoms with Crippen LogP contribution in [0.4, 0.5) is 4.79 Å². The van der Waals surface area contributed by atoms with Crippen LogP contribution in [0.5, 0.6) is 0 Å². The fraction of sp³-hybridized carbons (Fsp3) is 0.533. The first-order valence-corrected chi connectivity index (χ1v) is 6.99. The van der Waals surface area contributed by atoms with E-state index < -0.39 is 6.03 Å². The average molecular weight is 263 g/mol. The van der Waals surface area contributed by atoms with Crippen LogP contribution in [0.3, 0.4) is 0 Å². The van der Waals surface area contributed by atoms with E-state index in [0.29, 0.717) is 13.1 Å². The molecule has 19 heavy (non-hydrogen) atoms. The SMILES string of the molecule is CCCCc1ccc(C(C)NCCNC(N)=O)cc1. The summed E-state index contributed by atoms with van der Waals surface area (Å²) in [6.07, 6.45) is 3.62. The van der Waals surface area contributed by atoms with Crippen LogP contribution in [0.25, 0.3) is 0 Å². The summed E-state index contributed by atoms with van der Waals surface area (Å²) < 4.78 is 0. The predicted octanol–water partition coefficient (Wildman–Crippen LogP) is 2.35. The molecule has 1 aromatic rings. The molecule has 0 bridgehead atoms. The Labute approximate surface area is 115 Å². The zero-order chi connectivity index (χ0) is 14.1. The van der Waals surface area contributed by atoms with Gasteiger partial charge in [0.05, 0.1) is 0 Å². The zero-order valence-corrected chi connectivity index (χ0v) is 11.9. The third kappa shape index (κ3) is 6.25. The normalized spacial score (nSPS) is 12.1. The summed E-state index contributed by atoms with van der Waals surface area (Å²) in [5, 5.41) is 5.91. The maximum atomic E-state index is 10.5. The second-order valence-corrected chi connectivity index (χ2v) is 4.81. The molecule has 4 heteroatoms. The second kappa shape index (κ2) is 8.53. The standard InChI is InChI=1S/C15H25N3O/c1-3-4-5-13-6-8-14(9-7-13)12(2)17-10-11-18-15(16)19/h6-9,12,17H,3-5,10-11H2,1-2H3,(H3,16,18,19). The van der Waals surface area contributed by atoms with E-state index >= 15 is 0 Å². The van der Waals surface area contributed by atoms with E-state index in [0.717, 1.165) is 6.42 Å². The highest BCUT2D eigenvalue weighted by molar-refractivity contribution is 5.71. The number of urea groups is 1. The molecular formula is C15H25N3O. The first-order chi connectivity index (χ1) is 9.13. The van der Waals surface area contributed by atoms with Crippen molar-refractivity contribution in [1.29, 1.82) is 0 Å². The molecule has 1 aromatic carbocycles. The van der Waals surface area contributed by atoms with E-state index in [4.69, 9.17) is 5.73 Å². The molecule has 4 nitrogen and oxygen atoms in total. The molecule has 0 heterocycles. The minimum absolute atomic E-state index is 0.273. The molecule has 106 valence electrons. The molecule has 1 rings (SSSR count). The van der Waals surface area contributed by atoms with Gasteiger partial charge in [0.15, 0.2) is 0 Å². The van der Waals surface area contributed by atoms with Crippen LogP contribution in [0, 0.1) is 0 Å². The highest BCUT2D eigenvalue weighted by Crippen LogP contribution is 2.14. The summed E-state index contributed by atoms with van der Waals surface area (Å²) in [4.78, 5) is 10.5. The van der Waals surface area contributed by atoms with Crippen molar-refractivity contribution in [2.45, 2.75) is 39.2 Å². The van der Waals surface area contributed by atoms with Gasteiger partial charge >= 0.3 is 6.03 Å². The van der Waals surface area contributed by atoms with Crippen LogP contribution in [-0.2, 0) is 6.42 Å². The Balaban J connectivity index is 2.35. The Bertz CT molecular complexity index is 375. The lowest BCUT2D eigenvalue weighted by Gasteiger charge is -2.14. The Morgan fingerprint density at radius 1 is 1.26 bits per heavy atom. The highest BCUT2D eigenvalue weighted by Gasteiger charge is 2.04. The Morgan fingerprint density at radius 3 is 2.53 bits per heavy atom. The number of hydrogen-bond donors (Lipinski definition) is 3. The Kier molecular flexibility index (Phi) is 6.97. The maximum absolute atomic E-state index is 10.5. The van der Waals surface area contributed by atoms with Crippen LogP contribution in [0.1, 0.15) is 43.9 Å². The molecule has 0 aliphatic heterocycles. The van der Waals surface area contributed by atoms with Crippen molar-refractivity contribution < 1.29 is 4.79 Å². The molecule has 0 radical (unpaired) electrons. The predicted molar refractivity (Wildman–Crippen MR) is 79.1 cm³/mol. The van der Waals surface area contributed by atoms with Gasteiger partial charge in [-0.25, -0.2) is 4.79 Å². The molecule has 0 aromatic heterocycles. The summed E-state index contributed by atoms with van der Waals surface area (Å²) in [6.45, 7) is 5.59. The van der Waals surface area contributed by atoms with Gasteiger partial charge in [0.1, 0.15) is 0 Å². The number of unbranched alkanes of at least 4 members (excludes halogenated alkanes) is 1. The van der Waals surface area contributed by atoms with Crippen LogP contribution in [0.2, 0.25) is 0 Å². The number of benzene rings is 1. The molecule has 0 spiro atoms. The summed E-state index contributed by atoms with van der Waals surface area (Å²) in [5.41, 5.74) is 7.66. The summed E-state index contributed by atoms with van der Waals surface area (Å²) in [5.74, 6) is 0. The lowest BCUT2D eigenvalue weighted by molar-refractivity contribution is 0.249. The minimum Gasteiger partial charge on any atom is -0.352 e. The molecule has 0 aliphatic carbocycles. The fourth-order valence-corrected chi connectivity index (χ4v) is 1.95. The van der Waals surface area contributed by atoms with Gasteiger partial charge in [-0.05, 0) is 30.9 Å². The topological polar surface area (TPSA) is 67.2 Å². The monoisotopic (exact) mass is 263 g/mol. The van der Waals surface area contributed by atoms with Crippen LogP contribution < -0.4 is 16.4 Å². The molecule has 2 amide bonds. The van der Waals surface area contributed by atoms with Crippen molar-refractivity contribution in [3.63, 3.8) is 0 Å². The average Bonchev–Trinajstić information content (AvgIpc) is 2.41. The van der Waals surface area contributed by atoms with Crippen LogP contribution >= 0.6 is 0 Å². The summed E-state index contributed by atoms with van der Waals surface area (Å²) in [6, 6.07) is 8.54. The first-order valence-electron chi connectivity index (χ1n) is 6.99. The molecule has 0 saturated heterocycles. The van der Waals surface area contributed by atoms with Gasteiger partial charge in [0, 0.05) is 19.1 Å². The molecule has 0 aliphatic rings. The third-order valence-electron chi connectivity index (χ3n) is 3.17. The van der Waals surface area contributed by atoms with Crippen molar-refractivity contribution in [2.24, 2.45) is 5.73 Å². The van der Waals surface area contributed by atoms with E-state index in [2.05, 4.69) is 48.7 Å². The fourth-order valence-electron chi connectivity index (χ4n) is 1.95. The number of carbonyl (C=O) groups excluding carboxylic acids is 1. The van der Waals surface area contributed by atoms with Crippen molar-refractivity contribution in [1.82, 2.24) is 10.6 Å². The number of hydrogen-bond acceptors (Lipinski definition) is 2. The van der Waals surface area contributed by atoms with Gasteiger partial charge in [-0.15, -0.1) is 0 Å². The molecule has 1 atom stereocenters. The summed E-state index contributed by atoms with van der Waals surface area (Å²) in [7, 11) is 0. The first kappa shape index (κ1) is 15.5. The molecule has 0 saturated carbocycles. The van der Waals surface area contributed by atoms with Gasteiger partial charge in [0.2, 0.25) is 0 Å². The van der Waals surface area contributed by atoms with E-state index in [1.165, 1.54) is 24.0 Å². The largest absolute Gasteiger partial charge is 0.352 e. The van der Waals surface area contributed by atoms with E-state index in [1.807, 2.05) is 0 Å².